The van der Waals surface area contributed by atoms with Gasteiger partial charge in [-0.25, -0.2) is 4.39 Å². The van der Waals surface area contributed by atoms with Crippen molar-refractivity contribution < 1.29 is 9.50 Å². The van der Waals surface area contributed by atoms with Crippen molar-refractivity contribution in [2.24, 2.45) is 7.05 Å². The van der Waals surface area contributed by atoms with Gasteiger partial charge in [-0.05, 0) is 6.07 Å². The van der Waals surface area contributed by atoms with Crippen LogP contribution < -0.4 is 0 Å². The molecule has 7 heteroatoms. The van der Waals surface area contributed by atoms with Gasteiger partial charge in [-0.1, -0.05) is 25.1 Å². The minimum atomic E-state index is -0.793. The molecular formula is C18H26FN5O. The number of aliphatic hydroxyl groups is 1. The maximum Gasteiger partial charge on any atom is 0.146 e. The topological polar surface area (TPSA) is 57.4 Å². The van der Waals surface area contributed by atoms with E-state index >= 15 is 0 Å². The summed E-state index contributed by atoms with van der Waals surface area (Å²) >= 11 is 0. The average Bonchev–Trinajstić information content (AvgIpc) is 2.97. The molecule has 1 aromatic carbocycles. The summed E-state index contributed by atoms with van der Waals surface area (Å²) in [6.07, 6.45) is 0.0872. The zero-order valence-electron chi connectivity index (χ0n) is 14.9. The zero-order valence-corrected chi connectivity index (χ0v) is 14.9. The number of hydrogen-bond donors (Lipinski definition) is 1. The second kappa shape index (κ2) is 8.03. The van der Waals surface area contributed by atoms with E-state index in [1.807, 2.05) is 7.05 Å². The van der Waals surface area contributed by atoms with E-state index in [-0.39, 0.29) is 5.82 Å². The van der Waals surface area contributed by atoms with Gasteiger partial charge in [0.2, 0.25) is 0 Å². The highest BCUT2D eigenvalue weighted by atomic mass is 19.1. The molecular weight excluding hydrogens is 321 g/mol. The molecule has 1 unspecified atom stereocenters. The van der Waals surface area contributed by atoms with Gasteiger partial charge < -0.3 is 9.67 Å². The molecule has 0 aliphatic carbocycles. The molecule has 2 heterocycles. The van der Waals surface area contributed by atoms with E-state index in [0.29, 0.717) is 12.1 Å². The number of halogens is 1. The minimum Gasteiger partial charge on any atom is -0.387 e. The first-order chi connectivity index (χ1) is 12.1. The van der Waals surface area contributed by atoms with Crippen molar-refractivity contribution in [3.05, 3.63) is 47.3 Å². The summed E-state index contributed by atoms with van der Waals surface area (Å²) in [6.45, 7) is 6.82. The largest absolute Gasteiger partial charge is 0.387 e. The predicted octanol–water partition coefficient (Wildman–Crippen LogP) is 1.37. The van der Waals surface area contributed by atoms with Crippen LogP contribution in [0.25, 0.3) is 0 Å². The molecule has 1 N–H and O–H groups in total. The molecule has 1 atom stereocenters. The summed E-state index contributed by atoms with van der Waals surface area (Å²) < 4.78 is 15.8. The van der Waals surface area contributed by atoms with Crippen molar-refractivity contribution in [3.8, 4) is 0 Å². The highest BCUT2D eigenvalue weighted by Crippen LogP contribution is 2.18. The number of β-amino-alcohol motifs (C(OH)–C–C–N with tert-alkyl or cyclic N) is 1. The molecule has 1 aromatic heterocycles. The molecule has 0 amide bonds. The van der Waals surface area contributed by atoms with Gasteiger partial charge in [0.1, 0.15) is 17.5 Å². The highest BCUT2D eigenvalue weighted by Gasteiger charge is 2.22. The van der Waals surface area contributed by atoms with Gasteiger partial charge in [-0.2, -0.15) is 0 Å². The first-order valence-electron chi connectivity index (χ1n) is 8.82. The van der Waals surface area contributed by atoms with Crippen molar-refractivity contribution in [2.45, 2.75) is 26.0 Å². The van der Waals surface area contributed by atoms with Crippen LogP contribution in [0.15, 0.2) is 24.3 Å². The van der Waals surface area contributed by atoms with Crippen molar-refractivity contribution >= 4 is 0 Å². The molecule has 0 spiro atoms. The second-order valence-corrected chi connectivity index (χ2v) is 6.56. The van der Waals surface area contributed by atoms with E-state index in [1.54, 1.807) is 18.2 Å². The Kier molecular flexibility index (Phi) is 5.78. The van der Waals surface area contributed by atoms with E-state index in [4.69, 9.17) is 0 Å². The van der Waals surface area contributed by atoms with Crippen molar-refractivity contribution in [3.63, 3.8) is 0 Å². The summed E-state index contributed by atoms with van der Waals surface area (Å²) in [5, 5.41) is 18.8. The number of nitrogens with zero attached hydrogens (tertiary/aromatic N) is 5. The smallest absolute Gasteiger partial charge is 0.146 e. The lowest BCUT2D eigenvalue weighted by atomic mass is 10.1. The molecule has 136 valence electrons. The summed E-state index contributed by atoms with van der Waals surface area (Å²) in [7, 11) is 2.01. The van der Waals surface area contributed by atoms with Gasteiger partial charge >= 0.3 is 0 Å². The van der Waals surface area contributed by atoms with Crippen molar-refractivity contribution in [1.29, 1.82) is 0 Å². The van der Waals surface area contributed by atoms with Gasteiger partial charge in [0, 0.05) is 51.8 Å². The quantitative estimate of drug-likeness (QED) is 0.855. The van der Waals surface area contributed by atoms with Gasteiger partial charge in [0.15, 0.2) is 0 Å². The fourth-order valence-electron chi connectivity index (χ4n) is 3.26. The number of aromatic nitrogens is 3. The highest BCUT2D eigenvalue weighted by molar-refractivity contribution is 5.20. The molecule has 6 nitrogen and oxygen atoms in total. The van der Waals surface area contributed by atoms with Crippen LogP contribution in [0.2, 0.25) is 0 Å². The van der Waals surface area contributed by atoms with E-state index in [9.17, 15) is 9.50 Å². The normalized spacial score (nSPS) is 17.8. The lowest BCUT2D eigenvalue weighted by Gasteiger charge is -2.35. The Morgan fingerprint density at radius 1 is 1.08 bits per heavy atom. The van der Waals surface area contributed by atoms with E-state index in [2.05, 4.69) is 31.5 Å². The number of hydrogen-bond acceptors (Lipinski definition) is 5. The molecule has 3 rings (SSSR count). The molecule has 0 radical (unpaired) electrons. The maximum atomic E-state index is 13.8. The molecule has 2 aromatic rings. The number of piperazine rings is 1. The minimum absolute atomic E-state index is 0.345. The summed E-state index contributed by atoms with van der Waals surface area (Å²) in [5.74, 6) is 1.64. The van der Waals surface area contributed by atoms with Crippen molar-refractivity contribution in [2.75, 3.05) is 32.7 Å². The Bertz CT molecular complexity index is 697. The lowest BCUT2D eigenvalue weighted by Crippen LogP contribution is -2.47. The molecule has 1 aliphatic heterocycles. The van der Waals surface area contributed by atoms with Crippen LogP contribution in [0.4, 0.5) is 4.39 Å². The monoisotopic (exact) mass is 347 g/mol. The molecule has 1 aliphatic rings. The zero-order chi connectivity index (χ0) is 17.8. The summed E-state index contributed by atoms with van der Waals surface area (Å²) in [4.78, 5) is 4.52. The molecule has 0 bridgehead atoms. The molecule has 0 saturated carbocycles. The Morgan fingerprint density at radius 3 is 2.36 bits per heavy atom. The van der Waals surface area contributed by atoms with Crippen LogP contribution in [-0.2, 0) is 20.0 Å². The third-order valence-corrected chi connectivity index (χ3v) is 4.90. The average molecular weight is 347 g/mol. The van der Waals surface area contributed by atoms with Gasteiger partial charge in [-0.15, -0.1) is 10.2 Å². The fraction of sp³-hybridized carbons (Fsp3) is 0.556. The maximum absolute atomic E-state index is 13.8. The lowest BCUT2D eigenvalue weighted by molar-refractivity contribution is 0.0673. The van der Waals surface area contributed by atoms with Crippen LogP contribution in [0.5, 0.6) is 0 Å². The van der Waals surface area contributed by atoms with Gasteiger partial charge in [0.05, 0.1) is 12.6 Å². The van der Waals surface area contributed by atoms with E-state index in [1.165, 1.54) is 6.07 Å². The Balaban J connectivity index is 1.50. The van der Waals surface area contributed by atoms with Crippen LogP contribution >= 0.6 is 0 Å². The van der Waals surface area contributed by atoms with Gasteiger partial charge in [0.25, 0.3) is 0 Å². The predicted molar refractivity (Wildman–Crippen MR) is 93.5 cm³/mol. The van der Waals surface area contributed by atoms with E-state index in [0.717, 1.165) is 50.8 Å². The van der Waals surface area contributed by atoms with Crippen LogP contribution in [0, 0.1) is 5.82 Å². The van der Waals surface area contributed by atoms with E-state index < -0.39 is 6.10 Å². The van der Waals surface area contributed by atoms with Crippen LogP contribution in [-0.4, -0.2) is 62.4 Å². The molecule has 1 saturated heterocycles. The second-order valence-electron chi connectivity index (χ2n) is 6.56. The third kappa shape index (κ3) is 4.23. The Hall–Kier alpha value is -1.83. The molecule has 25 heavy (non-hydrogen) atoms. The number of aliphatic hydroxyl groups excluding tert-OH is 1. The number of rotatable bonds is 6. The Labute approximate surface area is 147 Å². The van der Waals surface area contributed by atoms with Gasteiger partial charge in [-0.3, -0.25) is 9.80 Å². The SMILES string of the molecule is CCc1nnc(CN2CCN(CC(O)c3ccccc3F)CC2)n1C. The molecule has 1 fully saturated rings. The third-order valence-electron chi connectivity index (χ3n) is 4.90. The summed E-state index contributed by atoms with van der Waals surface area (Å²) in [5.41, 5.74) is 0.371. The fourth-order valence-corrected chi connectivity index (χ4v) is 3.26. The first-order valence-corrected chi connectivity index (χ1v) is 8.82. The van der Waals surface area contributed by atoms with Crippen LogP contribution in [0.3, 0.4) is 0 Å². The Morgan fingerprint density at radius 2 is 1.72 bits per heavy atom. The van der Waals surface area contributed by atoms with Crippen LogP contribution in [0.1, 0.15) is 30.2 Å². The first kappa shape index (κ1) is 18.0. The summed E-state index contributed by atoms with van der Waals surface area (Å²) in [6, 6.07) is 6.43. The van der Waals surface area contributed by atoms with Crippen molar-refractivity contribution in [1.82, 2.24) is 24.6 Å². The number of benzene rings is 1. The number of aryl methyl sites for hydroxylation is 1. The standard InChI is InChI=1S/C18H26FN5O/c1-3-17-20-21-18(22(17)2)13-24-10-8-23(9-11-24)12-16(25)14-6-4-5-7-15(14)19/h4-7,16,25H,3,8-13H2,1-2H3.